The Hall–Kier alpha value is -2.04. The Kier molecular flexibility index (Phi) is 6.03. The van der Waals surface area contributed by atoms with Crippen molar-refractivity contribution in [1.29, 1.82) is 0 Å². The molecule has 0 bridgehead atoms. The number of rotatable bonds is 7. The van der Waals surface area contributed by atoms with Gasteiger partial charge in [0.05, 0.1) is 0 Å². The highest BCUT2D eigenvalue weighted by atomic mass is 16.4. The third-order valence-electron chi connectivity index (χ3n) is 2.87. The van der Waals surface area contributed by atoms with Crippen LogP contribution in [0.5, 0.6) is 0 Å². The van der Waals surface area contributed by atoms with E-state index in [0.717, 1.165) is 5.69 Å². The predicted molar refractivity (Wildman–Crippen MR) is 78.5 cm³/mol. The van der Waals surface area contributed by atoms with Crippen LogP contribution >= 0.6 is 0 Å². The Balaban J connectivity index is 2.57. The first kappa shape index (κ1) is 16.0. The lowest BCUT2D eigenvalue weighted by molar-refractivity contribution is -0.142. The molecule has 1 amide bonds. The van der Waals surface area contributed by atoms with E-state index in [9.17, 15) is 9.59 Å². The van der Waals surface area contributed by atoms with Crippen LogP contribution in [0, 0.1) is 5.92 Å². The molecule has 0 aliphatic carbocycles. The lowest BCUT2D eigenvalue weighted by atomic mass is 10.0. The van der Waals surface area contributed by atoms with E-state index in [1.54, 1.807) is 6.92 Å². The van der Waals surface area contributed by atoms with Gasteiger partial charge in [0.1, 0.15) is 12.1 Å². The van der Waals surface area contributed by atoms with Crippen LogP contribution in [0.25, 0.3) is 0 Å². The van der Waals surface area contributed by atoms with E-state index in [1.807, 2.05) is 44.2 Å². The summed E-state index contributed by atoms with van der Waals surface area (Å²) in [5.74, 6) is -1.12. The molecule has 0 spiro atoms. The maximum Gasteiger partial charge on any atom is 0.326 e. The third-order valence-corrected chi connectivity index (χ3v) is 2.87. The first-order valence-corrected chi connectivity index (χ1v) is 6.75. The highest BCUT2D eigenvalue weighted by Gasteiger charge is 2.23. The predicted octanol–water partition coefficient (Wildman–Crippen LogP) is 2.10. The van der Waals surface area contributed by atoms with E-state index >= 15 is 0 Å². The Morgan fingerprint density at radius 2 is 1.75 bits per heavy atom. The SMILES string of the molecule is CC(C)C[C@H](NC(=O)[C@H](C)Nc1ccccc1)C(=O)O. The number of hydrogen-bond donors (Lipinski definition) is 3. The molecule has 0 fully saturated rings. The Bertz CT molecular complexity index is 446. The average Bonchev–Trinajstić information content (AvgIpc) is 2.38. The fourth-order valence-electron chi connectivity index (χ4n) is 1.84. The molecular formula is C15H22N2O3. The molecule has 0 radical (unpaired) electrons. The lowest BCUT2D eigenvalue weighted by Gasteiger charge is -2.20. The summed E-state index contributed by atoms with van der Waals surface area (Å²) in [6, 6.07) is 7.99. The minimum atomic E-state index is -1.00. The van der Waals surface area contributed by atoms with Crippen molar-refractivity contribution in [2.45, 2.75) is 39.3 Å². The summed E-state index contributed by atoms with van der Waals surface area (Å²) in [5, 5.41) is 14.7. The van der Waals surface area contributed by atoms with Crippen molar-refractivity contribution in [1.82, 2.24) is 5.32 Å². The van der Waals surface area contributed by atoms with Gasteiger partial charge in [-0.15, -0.1) is 0 Å². The van der Waals surface area contributed by atoms with Crippen LogP contribution in [0.2, 0.25) is 0 Å². The molecule has 2 atom stereocenters. The monoisotopic (exact) mass is 278 g/mol. The zero-order valence-electron chi connectivity index (χ0n) is 12.1. The van der Waals surface area contributed by atoms with E-state index in [0.29, 0.717) is 6.42 Å². The number of benzene rings is 1. The smallest absolute Gasteiger partial charge is 0.326 e. The van der Waals surface area contributed by atoms with E-state index in [1.165, 1.54) is 0 Å². The van der Waals surface area contributed by atoms with Gasteiger partial charge in [-0.25, -0.2) is 4.79 Å². The molecule has 20 heavy (non-hydrogen) atoms. The van der Waals surface area contributed by atoms with Crippen molar-refractivity contribution >= 4 is 17.6 Å². The van der Waals surface area contributed by atoms with Gasteiger partial charge in [-0.2, -0.15) is 0 Å². The van der Waals surface area contributed by atoms with Crippen molar-refractivity contribution in [2.75, 3.05) is 5.32 Å². The molecule has 0 aliphatic rings. The zero-order chi connectivity index (χ0) is 15.1. The Morgan fingerprint density at radius 3 is 2.25 bits per heavy atom. The number of carbonyl (C=O) groups excluding carboxylic acids is 1. The summed E-state index contributed by atoms with van der Waals surface area (Å²) in [5.41, 5.74) is 0.825. The van der Waals surface area contributed by atoms with E-state index in [-0.39, 0.29) is 11.8 Å². The number of carbonyl (C=O) groups is 2. The van der Waals surface area contributed by atoms with Gasteiger partial charge in [0, 0.05) is 5.69 Å². The van der Waals surface area contributed by atoms with Crippen LogP contribution in [0.4, 0.5) is 5.69 Å². The molecule has 0 saturated carbocycles. The summed E-state index contributed by atoms with van der Waals surface area (Å²) in [7, 11) is 0. The molecule has 5 heteroatoms. The van der Waals surface area contributed by atoms with Gasteiger partial charge >= 0.3 is 5.97 Å². The number of nitrogens with one attached hydrogen (secondary N) is 2. The first-order valence-electron chi connectivity index (χ1n) is 6.75. The molecule has 110 valence electrons. The molecule has 5 nitrogen and oxygen atoms in total. The summed E-state index contributed by atoms with van der Waals surface area (Å²) in [6.45, 7) is 5.55. The van der Waals surface area contributed by atoms with Gasteiger partial charge in [0.25, 0.3) is 0 Å². The van der Waals surface area contributed by atoms with Crippen LogP contribution in [-0.4, -0.2) is 29.1 Å². The summed E-state index contributed by atoms with van der Waals surface area (Å²) < 4.78 is 0. The topological polar surface area (TPSA) is 78.4 Å². The molecule has 1 aromatic rings. The maximum absolute atomic E-state index is 12.0. The average molecular weight is 278 g/mol. The second-order valence-corrected chi connectivity index (χ2v) is 5.26. The fraction of sp³-hybridized carbons (Fsp3) is 0.467. The van der Waals surface area contributed by atoms with Crippen molar-refractivity contribution in [3.63, 3.8) is 0 Å². The highest BCUT2D eigenvalue weighted by Crippen LogP contribution is 2.08. The normalized spacial score (nSPS) is 13.6. The van der Waals surface area contributed by atoms with Gasteiger partial charge in [-0.05, 0) is 31.4 Å². The summed E-state index contributed by atoms with van der Waals surface area (Å²) in [4.78, 5) is 23.1. The molecule has 0 heterocycles. The number of amides is 1. The van der Waals surface area contributed by atoms with Crippen molar-refractivity contribution in [3.05, 3.63) is 30.3 Å². The van der Waals surface area contributed by atoms with Crippen molar-refractivity contribution in [3.8, 4) is 0 Å². The van der Waals surface area contributed by atoms with Gasteiger partial charge in [0.15, 0.2) is 0 Å². The lowest BCUT2D eigenvalue weighted by Crippen LogP contribution is -2.47. The van der Waals surface area contributed by atoms with Crippen LogP contribution in [-0.2, 0) is 9.59 Å². The van der Waals surface area contributed by atoms with Crippen LogP contribution in [0.3, 0.4) is 0 Å². The number of carboxylic acids is 1. The minimum absolute atomic E-state index is 0.203. The highest BCUT2D eigenvalue weighted by molar-refractivity contribution is 5.88. The van der Waals surface area contributed by atoms with E-state index < -0.39 is 18.1 Å². The van der Waals surface area contributed by atoms with Crippen LogP contribution in [0.1, 0.15) is 27.2 Å². The second-order valence-electron chi connectivity index (χ2n) is 5.26. The fourth-order valence-corrected chi connectivity index (χ4v) is 1.84. The Morgan fingerprint density at radius 1 is 1.15 bits per heavy atom. The zero-order valence-corrected chi connectivity index (χ0v) is 12.1. The standard InChI is InChI=1S/C15H22N2O3/c1-10(2)9-13(15(19)20)17-14(18)11(3)16-12-7-5-4-6-8-12/h4-8,10-11,13,16H,9H2,1-3H3,(H,17,18)(H,19,20)/t11-,13-/m0/s1. The van der Waals surface area contributed by atoms with Gasteiger partial charge < -0.3 is 15.7 Å². The third kappa shape index (κ3) is 5.30. The van der Waals surface area contributed by atoms with E-state index in [4.69, 9.17) is 5.11 Å². The minimum Gasteiger partial charge on any atom is -0.480 e. The summed E-state index contributed by atoms with van der Waals surface area (Å²) >= 11 is 0. The molecule has 0 unspecified atom stereocenters. The maximum atomic E-state index is 12.0. The molecule has 0 aliphatic heterocycles. The molecule has 3 N–H and O–H groups in total. The molecular weight excluding hydrogens is 256 g/mol. The summed E-state index contributed by atoms with van der Waals surface area (Å²) in [6.07, 6.45) is 0.416. The molecule has 1 rings (SSSR count). The Labute approximate surface area is 119 Å². The van der Waals surface area contributed by atoms with Crippen molar-refractivity contribution < 1.29 is 14.7 Å². The van der Waals surface area contributed by atoms with Gasteiger partial charge in [0.2, 0.25) is 5.91 Å². The van der Waals surface area contributed by atoms with E-state index in [2.05, 4.69) is 10.6 Å². The quantitative estimate of drug-likeness (QED) is 0.713. The van der Waals surface area contributed by atoms with Gasteiger partial charge in [-0.1, -0.05) is 32.0 Å². The first-order chi connectivity index (χ1) is 9.40. The number of aliphatic carboxylic acids is 1. The largest absolute Gasteiger partial charge is 0.480 e. The number of carboxylic acid groups (broad SMARTS) is 1. The number of para-hydroxylation sites is 1. The number of anilines is 1. The van der Waals surface area contributed by atoms with Crippen LogP contribution in [0.15, 0.2) is 30.3 Å². The van der Waals surface area contributed by atoms with Crippen molar-refractivity contribution in [2.24, 2.45) is 5.92 Å². The molecule has 0 aromatic heterocycles. The number of hydrogen-bond acceptors (Lipinski definition) is 3. The van der Waals surface area contributed by atoms with Gasteiger partial charge in [-0.3, -0.25) is 4.79 Å². The molecule has 0 saturated heterocycles. The van der Waals surface area contributed by atoms with Crippen LogP contribution < -0.4 is 10.6 Å². The molecule has 1 aromatic carbocycles. The second kappa shape index (κ2) is 7.53.